The summed E-state index contributed by atoms with van der Waals surface area (Å²) in [5, 5.41) is 8.25. The molecule has 0 fully saturated rings. The van der Waals surface area contributed by atoms with Gasteiger partial charge in [-0.1, -0.05) is 42.5 Å². The summed E-state index contributed by atoms with van der Waals surface area (Å²) < 4.78 is 1.83. The molecule has 0 atom stereocenters. The molecule has 2 heterocycles. The Labute approximate surface area is 174 Å². The van der Waals surface area contributed by atoms with Crippen LogP contribution in [0.5, 0.6) is 0 Å². The number of para-hydroxylation sites is 1. The first-order chi connectivity index (χ1) is 14.4. The lowest BCUT2D eigenvalue weighted by molar-refractivity contribution is 0.101. The normalized spacial score (nSPS) is 10.9. The van der Waals surface area contributed by atoms with E-state index in [2.05, 4.69) is 15.4 Å². The Balaban J connectivity index is 1.76. The highest BCUT2D eigenvalue weighted by molar-refractivity contribution is 6.14. The van der Waals surface area contributed by atoms with E-state index in [1.54, 1.807) is 30.3 Å². The van der Waals surface area contributed by atoms with Gasteiger partial charge in [-0.15, -0.1) is 0 Å². The molecule has 0 aliphatic heterocycles. The SMILES string of the molecule is CC(=O)c1ccccc1NC(=O)c1cc(C)nc2c1c(C)nn2Cc1ccccc1. The monoisotopic (exact) mass is 398 g/mol. The van der Waals surface area contributed by atoms with Gasteiger partial charge in [0, 0.05) is 11.3 Å². The standard InChI is InChI=1S/C24H22N4O2/c1-15-13-20(24(30)26-21-12-8-7-11-19(21)17(3)29)22-16(2)27-28(23(22)25-15)14-18-9-5-4-6-10-18/h4-13H,14H2,1-3H3,(H,26,30). The third-order valence-corrected chi connectivity index (χ3v) is 4.98. The Hall–Kier alpha value is -3.80. The highest BCUT2D eigenvalue weighted by Crippen LogP contribution is 2.25. The summed E-state index contributed by atoms with van der Waals surface area (Å²) in [6, 6.07) is 18.8. The maximum absolute atomic E-state index is 13.2. The first-order valence-electron chi connectivity index (χ1n) is 9.74. The number of benzene rings is 2. The summed E-state index contributed by atoms with van der Waals surface area (Å²) in [7, 11) is 0. The third kappa shape index (κ3) is 3.72. The zero-order valence-corrected chi connectivity index (χ0v) is 17.1. The number of fused-ring (bicyclic) bond motifs is 1. The van der Waals surface area contributed by atoms with E-state index >= 15 is 0 Å². The van der Waals surface area contributed by atoms with Crippen molar-refractivity contribution in [3.63, 3.8) is 0 Å². The molecular weight excluding hydrogens is 376 g/mol. The summed E-state index contributed by atoms with van der Waals surface area (Å²) in [6.07, 6.45) is 0. The number of ketones is 1. The second kappa shape index (κ2) is 7.91. The van der Waals surface area contributed by atoms with Crippen molar-refractivity contribution in [1.82, 2.24) is 14.8 Å². The van der Waals surface area contributed by atoms with E-state index in [-0.39, 0.29) is 11.7 Å². The summed E-state index contributed by atoms with van der Waals surface area (Å²) in [6.45, 7) is 5.78. The number of pyridine rings is 1. The molecule has 150 valence electrons. The van der Waals surface area contributed by atoms with Gasteiger partial charge in [0.1, 0.15) is 0 Å². The van der Waals surface area contributed by atoms with Crippen LogP contribution in [-0.2, 0) is 6.54 Å². The minimum Gasteiger partial charge on any atom is -0.321 e. The van der Waals surface area contributed by atoms with Crippen molar-refractivity contribution in [1.29, 1.82) is 0 Å². The lowest BCUT2D eigenvalue weighted by Crippen LogP contribution is -2.15. The van der Waals surface area contributed by atoms with Crippen molar-refractivity contribution >= 4 is 28.4 Å². The number of anilines is 1. The van der Waals surface area contributed by atoms with Crippen molar-refractivity contribution in [3.8, 4) is 0 Å². The van der Waals surface area contributed by atoms with Gasteiger partial charge in [-0.05, 0) is 44.5 Å². The average molecular weight is 398 g/mol. The molecule has 0 radical (unpaired) electrons. The molecule has 4 rings (SSSR count). The summed E-state index contributed by atoms with van der Waals surface area (Å²) in [5.41, 5.74) is 4.69. The number of hydrogen-bond acceptors (Lipinski definition) is 4. The van der Waals surface area contributed by atoms with Crippen LogP contribution in [0.1, 0.15) is 44.6 Å². The van der Waals surface area contributed by atoms with Gasteiger partial charge in [-0.3, -0.25) is 9.59 Å². The number of aromatic nitrogens is 3. The van der Waals surface area contributed by atoms with Crippen LogP contribution in [-0.4, -0.2) is 26.5 Å². The van der Waals surface area contributed by atoms with E-state index in [0.29, 0.717) is 34.4 Å². The highest BCUT2D eigenvalue weighted by Gasteiger charge is 2.20. The minimum absolute atomic E-state index is 0.103. The fourth-order valence-electron chi connectivity index (χ4n) is 3.61. The number of nitrogens with one attached hydrogen (secondary N) is 1. The third-order valence-electron chi connectivity index (χ3n) is 4.98. The molecule has 2 aromatic heterocycles. The van der Waals surface area contributed by atoms with Gasteiger partial charge >= 0.3 is 0 Å². The second-order valence-corrected chi connectivity index (χ2v) is 7.29. The fraction of sp³-hybridized carbons (Fsp3) is 0.167. The lowest BCUT2D eigenvalue weighted by atomic mass is 10.1. The maximum atomic E-state index is 13.2. The summed E-state index contributed by atoms with van der Waals surface area (Å²) in [5.74, 6) is -0.393. The smallest absolute Gasteiger partial charge is 0.256 e. The molecule has 0 saturated carbocycles. The molecule has 1 N–H and O–H groups in total. The van der Waals surface area contributed by atoms with Crippen LogP contribution in [0.25, 0.3) is 11.0 Å². The topological polar surface area (TPSA) is 76.9 Å². The zero-order valence-electron chi connectivity index (χ0n) is 17.1. The number of carbonyl (C=O) groups excluding carboxylic acids is 2. The van der Waals surface area contributed by atoms with Gasteiger partial charge in [0.2, 0.25) is 0 Å². The molecule has 30 heavy (non-hydrogen) atoms. The van der Waals surface area contributed by atoms with Crippen LogP contribution < -0.4 is 5.32 Å². The first-order valence-corrected chi connectivity index (χ1v) is 9.74. The number of carbonyl (C=O) groups is 2. The van der Waals surface area contributed by atoms with Crippen molar-refractivity contribution in [2.75, 3.05) is 5.32 Å². The van der Waals surface area contributed by atoms with Crippen LogP contribution in [0.15, 0.2) is 60.7 Å². The van der Waals surface area contributed by atoms with E-state index in [1.165, 1.54) is 6.92 Å². The summed E-state index contributed by atoms with van der Waals surface area (Å²) in [4.78, 5) is 29.7. The van der Waals surface area contributed by atoms with Crippen molar-refractivity contribution < 1.29 is 9.59 Å². The van der Waals surface area contributed by atoms with E-state index in [1.807, 2.05) is 48.9 Å². The largest absolute Gasteiger partial charge is 0.321 e. The van der Waals surface area contributed by atoms with Gasteiger partial charge < -0.3 is 5.32 Å². The molecule has 0 spiro atoms. The molecule has 0 bridgehead atoms. The second-order valence-electron chi connectivity index (χ2n) is 7.29. The Morgan fingerprint density at radius 3 is 2.40 bits per heavy atom. The van der Waals surface area contributed by atoms with E-state index in [4.69, 9.17) is 0 Å². The fourth-order valence-corrected chi connectivity index (χ4v) is 3.61. The molecule has 6 heteroatoms. The van der Waals surface area contributed by atoms with Crippen molar-refractivity contribution in [2.24, 2.45) is 0 Å². The van der Waals surface area contributed by atoms with E-state index in [0.717, 1.165) is 17.0 Å². The number of aryl methyl sites for hydroxylation is 2. The number of rotatable bonds is 5. The predicted molar refractivity (Wildman–Crippen MR) is 117 cm³/mol. The van der Waals surface area contributed by atoms with Crippen molar-refractivity contribution in [3.05, 3.63) is 88.7 Å². The molecule has 2 aromatic carbocycles. The van der Waals surface area contributed by atoms with E-state index < -0.39 is 0 Å². The number of Topliss-reactive ketones (excluding diaryl/α,β-unsaturated/α-hetero) is 1. The van der Waals surface area contributed by atoms with Crippen LogP contribution in [0.2, 0.25) is 0 Å². The Morgan fingerprint density at radius 2 is 1.67 bits per heavy atom. The summed E-state index contributed by atoms with van der Waals surface area (Å²) >= 11 is 0. The van der Waals surface area contributed by atoms with Crippen LogP contribution in [0.3, 0.4) is 0 Å². The van der Waals surface area contributed by atoms with Crippen LogP contribution >= 0.6 is 0 Å². The quantitative estimate of drug-likeness (QED) is 0.500. The molecule has 6 nitrogen and oxygen atoms in total. The zero-order chi connectivity index (χ0) is 21.3. The van der Waals surface area contributed by atoms with Gasteiger partial charge in [0.15, 0.2) is 11.4 Å². The number of hydrogen-bond donors (Lipinski definition) is 1. The van der Waals surface area contributed by atoms with Gasteiger partial charge in [0.25, 0.3) is 5.91 Å². The molecule has 1 amide bonds. The Bertz CT molecular complexity index is 1260. The van der Waals surface area contributed by atoms with Crippen LogP contribution in [0, 0.1) is 13.8 Å². The number of amides is 1. The molecular formula is C24H22N4O2. The molecule has 4 aromatic rings. The molecule has 0 unspecified atom stereocenters. The van der Waals surface area contributed by atoms with Gasteiger partial charge in [-0.25, -0.2) is 9.67 Å². The first kappa shape index (κ1) is 19.5. The highest BCUT2D eigenvalue weighted by atomic mass is 16.1. The van der Waals surface area contributed by atoms with Crippen molar-refractivity contribution in [2.45, 2.75) is 27.3 Å². The minimum atomic E-state index is -0.290. The van der Waals surface area contributed by atoms with Gasteiger partial charge in [0.05, 0.1) is 28.9 Å². The van der Waals surface area contributed by atoms with Crippen LogP contribution in [0.4, 0.5) is 5.69 Å². The Kier molecular flexibility index (Phi) is 5.14. The predicted octanol–water partition coefficient (Wildman–Crippen LogP) is 4.55. The Morgan fingerprint density at radius 1 is 0.967 bits per heavy atom. The van der Waals surface area contributed by atoms with E-state index in [9.17, 15) is 9.59 Å². The van der Waals surface area contributed by atoms with Gasteiger partial charge in [-0.2, -0.15) is 5.10 Å². The molecule has 0 aliphatic carbocycles. The lowest BCUT2D eigenvalue weighted by Gasteiger charge is -2.11. The number of nitrogens with zero attached hydrogens (tertiary/aromatic N) is 3. The molecule has 0 saturated heterocycles. The maximum Gasteiger partial charge on any atom is 0.256 e. The average Bonchev–Trinajstić information content (AvgIpc) is 3.03. The molecule has 0 aliphatic rings.